The van der Waals surface area contributed by atoms with E-state index in [4.69, 9.17) is 20.6 Å². The number of carbonyl (C=O) groups excluding carboxylic acids is 1. The van der Waals surface area contributed by atoms with E-state index in [1.165, 1.54) is 0 Å². The summed E-state index contributed by atoms with van der Waals surface area (Å²) in [7, 11) is 0. The monoisotopic (exact) mass is 512 g/mol. The average molecular weight is 513 g/mol. The van der Waals surface area contributed by atoms with Gasteiger partial charge in [0.05, 0.1) is 18.2 Å². The molecule has 0 aliphatic heterocycles. The summed E-state index contributed by atoms with van der Waals surface area (Å²) in [6, 6.07) is 23.1. The second kappa shape index (κ2) is 12.0. The predicted molar refractivity (Wildman–Crippen MR) is 151 cm³/mol. The summed E-state index contributed by atoms with van der Waals surface area (Å²) < 4.78 is 11.7. The molecule has 4 aromatic rings. The number of para-hydroxylation sites is 1. The van der Waals surface area contributed by atoms with Crippen molar-refractivity contribution in [2.24, 2.45) is 5.73 Å². The summed E-state index contributed by atoms with van der Waals surface area (Å²) in [5.41, 5.74) is 14.0. The Morgan fingerprint density at radius 1 is 1.00 bits per heavy atom. The molecule has 1 atom stereocenters. The largest absolute Gasteiger partial charge is 0.490 e. The quantitative estimate of drug-likeness (QED) is 0.108. The van der Waals surface area contributed by atoms with Crippen LogP contribution in [0.5, 0.6) is 11.5 Å². The molecule has 3 aromatic carbocycles. The number of benzene rings is 3. The van der Waals surface area contributed by atoms with Crippen molar-refractivity contribution in [3.05, 3.63) is 90.0 Å². The first-order valence-electron chi connectivity index (χ1n) is 12.4. The van der Waals surface area contributed by atoms with Gasteiger partial charge in [-0.1, -0.05) is 24.3 Å². The number of ether oxygens (including phenoxy) is 2. The number of hydrazine groups is 1. The van der Waals surface area contributed by atoms with Gasteiger partial charge in [-0.3, -0.25) is 21.1 Å². The number of aromatic nitrogens is 1. The van der Waals surface area contributed by atoms with Crippen molar-refractivity contribution >= 4 is 34.2 Å². The zero-order chi connectivity index (χ0) is 27.1. The molecule has 4 rings (SSSR count). The molecule has 0 aliphatic carbocycles. The molecule has 1 amide bonds. The first-order valence-corrected chi connectivity index (χ1v) is 12.4. The van der Waals surface area contributed by atoms with Crippen molar-refractivity contribution in [1.29, 1.82) is 5.41 Å². The van der Waals surface area contributed by atoms with Crippen LogP contribution in [0.4, 0.5) is 11.5 Å². The lowest BCUT2D eigenvalue weighted by Gasteiger charge is -2.22. The van der Waals surface area contributed by atoms with Gasteiger partial charge in [0.2, 0.25) is 0 Å². The molecule has 0 radical (unpaired) electrons. The highest BCUT2D eigenvalue weighted by Crippen LogP contribution is 2.33. The van der Waals surface area contributed by atoms with E-state index in [-0.39, 0.29) is 17.8 Å². The Bertz CT molecular complexity index is 1420. The Labute approximate surface area is 221 Å². The molecular formula is C29H32N6O3. The third kappa shape index (κ3) is 6.50. The van der Waals surface area contributed by atoms with Crippen LogP contribution in [0.2, 0.25) is 0 Å². The van der Waals surface area contributed by atoms with Crippen LogP contribution in [0.25, 0.3) is 10.9 Å². The molecule has 6 N–H and O–H groups in total. The average Bonchev–Trinajstić information content (AvgIpc) is 2.91. The molecule has 0 spiro atoms. The van der Waals surface area contributed by atoms with E-state index in [0.717, 1.165) is 10.9 Å². The van der Waals surface area contributed by atoms with Crippen molar-refractivity contribution in [2.45, 2.75) is 32.9 Å². The number of hydrogen-bond donors (Lipinski definition) is 5. The van der Waals surface area contributed by atoms with E-state index in [1.807, 2.05) is 57.2 Å². The fraction of sp³-hybridized carbons (Fsp3) is 0.207. The van der Waals surface area contributed by atoms with E-state index >= 15 is 0 Å². The highest BCUT2D eigenvalue weighted by Gasteiger charge is 2.23. The molecule has 0 saturated heterocycles. The number of nitrogens with zero attached hydrogens (tertiary/aromatic N) is 1. The number of nitrogens with two attached hydrogens (primary N) is 1. The van der Waals surface area contributed by atoms with Crippen molar-refractivity contribution in [1.82, 2.24) is 10.4 Å². The topological polar surface area (TPSA) is 134 Å². The van der Waals surface area contributed by atoms with Crippen molar-refractivity contribution in [3.63, 3.8) is 0 Å². The first-order chi connectivity index (χ1) is 18.3. The van der Waals surface area contributed by atoms with Crippen LogP contribution in [0, 0.1) is 5.41 Å². The minimum Gasteiger partial charge on any atom is -0.490 e. The minimum absolute atomic E-state index is 0.0278. The maximum absolute atomic E-state index is 13.5. The van der Waals surface area contributed by atoms with E-state index in [9.17, 15) is 4.79 Å². The van der Waals surface area contributed by atoms with E-state index in [0.29, 0.717) is 40.7 Å². The van der Waals surface area contributed by atoms with Crippen LogP contribution in [0.1, 0.15) is 37.9 Å². The highest BCUT2D eigenvalue weighted by atomic mass is 16.5. The number of amides is 1. The fourth-order valence-electron chi connectivity index (χ4n) is 3.87. The summed E-state index contributed by atoms with van der Waals surface area (Å²) in [5, 5.41) is 11.9. The number of nitrogens with one attached hydrogen (secondary N) is 4. The van der Waals surface area contributed by atoms with Crippen molar-refractivity contribution < 1.29 is 14.3 Å². The molecule has 1 heterocycles. The Morgan fingerprint density at radius 2 is 1.76 bits per heavy atom. The van der Waals surface area contributed by atoms with Gasteiger partial charge < -0.3 is 20.5 Å². The molecule has 1 unspecified atom stereocenters. The van der Waals surface area contributed by atoms with Gasteiger partial charge in [0.25, 0.3) is 5.91 Å². The van der Waals surface area contributed by atoms with E-state index in [2.05, 4.69) is 21.2 Å². The molecule has 0 fully saturated rings. The summed E-state index contributed by atoms with van der Waals surface area (Å²) >= 11 is 0. The molecule has 9 nitrogen and oxygen atoms in total. The number of nitrogen functional groups attached to an aromatic ring is 1. The molecular weight excluding hydrogens is 480 g/mol. The van der Waals surface area contributed by atoms with Gasteiger partial charge in [-0.05, 0) is 80.9 Å². The summed E-state index contributed by atoms with van der Waals surface area (Å²) in [4.78, 5) is 18.1. The van der Waals surface area contributed by atoms with Crippen molar-refractivity contribution in [3.8, 4) is 11.5 Å². The van der Waals surface area contributed by atoms with E-state index in [1.54, 1.807) is 42.5 Å². The SMILES string of the molecule is CCOc1cc(C(Nc2ccc(C(=N)N)cc2)C(=O)NNc2ccc3ccccc3n2)ccc1OC(C)C. The molecule has 0 saturated carbocycles. The Morgan fingerprint density at radius 3 is 2.47 bits per heavy atom. The smallest absolute Gasteiger partial charge is 0.265 e. The maximum Gasteiger partial charge on any atom is 0.265 e. The van der Waals surface area contributed by atoms with Crippen molar-refractivity contribution in [2.75, 3.05) is 17.3 Å². The fourth-order valence-corrected chi connectivity index (χ4v) is 3.87. The van der Waals surface area contributed by atoms with Gasteiger partial charge >= 0.3 is 0 Å². The normalized spacial score (nSPS) is 11.6. The number of amidine groups is 1. The lowest BCUT2D eigenvalue weighted by atomic mass is 10.0. The molecule has 0 aliphatic rings. The second-order valence-corrected chi connectivity index (χ2v) is 8.88. The zero-order valence-electron chi connectivity index (χ0n) is 21.6. The van der Waals surface area contributed by atoms with Gasteiger partial charge in [0, 0.05) is 16.6 Å². The number of hydrogen-bond acceptors (Lipinski definition) is 7. The standard InChI is InChI=1S/C29H32N6O3/c1-4-37-25-17-21(11-15-24(25)38-18(2)3)27(32-22-13-9-20(10-14-22)28(30)31)29(36)35-34-26-16-12-19-7-5-6-8-23(19)33-26/h5-18,27,32H,4H2,1-3H3,(H3,30,31)(H,33,34)(H,35,36). The van der Waals surface area contributed by atoms with Gasteiger partial charge in [0.1, 0.15) is 17.7 Å². The van der Waals surface area contributed by atoms with Crippen LogP contribution in [0.3, 0.4) is 0 Å². The maximum atomic E-state index is 13.5. The van der Waals surface area contributed by atoms with Crippen LogP contribution in [-0.2, 0) is 4.79 Å². The van der Waals surface area contributed by atoms with Crippen LogP contribution < -0.4 is 31.4 Å². The van der Waals surface area contributed by atoms with Crippen LogP contribution >= 0.6 is 0 Å². The second-order valence-electron chi connectivity index (χ2n) is 8.88. The Hall–Kier alpha value is -4.79. The van der Waals surface area contributed by atoms with E-state index < -0.39 is 6.04 Å². The third-order valence-corrected chi connectivity index (χ3v) is 5.64. The predicted octanol–water partition coefficient (Wildman–Crippen LogP) is 5.00. The zero-order valence-corrected chi connectivity index (χ0v) is 21.6. The van der Waals surface area contributed by atoms with Crippen LogP contribution in [0.15, 0.2) is 78.9 Å². The molecule has 0 bridgehead atoms. The molecule has 1 aromatic heterocycles. The summed E-state index contributed by atoms with van der Waals surface area (Å²) in [6.07, 6.45) is -0.0317. The van der Waals surface area contributed by atoms with Gasteiger partial charge in [0.15, 0.2) is 11.5 Å². The minimum atomic E-state index is -0.793. The number of carbonyl (C=O) groups is 1. The van der Waals surface area contributed by atoms with Crippen LogP contribution in [-0.4, -0.2) is 29.4 Å². The number of rotatable bonds is 11. The molecule has 196 valence electrons. The number of anilines is 2. The third-order valence-electron chi connectivity index (χ3n) is 5.64. The molecule has 9 heteroatoms. The Kier molecular flexibility index (Phi) is 8.27. The number of fused-ring (bicyclic) bond motifs is 1. The number of pyridine rings is 1. The summed E-state index contributed by atoms with van der Waals surface area (Å²) in [6.45, 7) is 6.23. The summed E-state index contributed by atoms with van der Waals surface area (Å²) in [5.74, 6) is 1.30. The lowest BCUT2D eigenvalue weighted by Crippen LogP contribution is -2.37. The first kappa shape index (κ1) is 26.3. The van der Waals surface area contributed by atoms with Gasteiger partial charge in [-0.15, -0.1) is 0 Å². The lowest BCUT2D eigenvalue weighted by molar-refractivity contribution is -0.121. The highest BCUT2D eigenvalue weighted by molar-refractivity contribution is 5.95. The molecule has 38 heavy (non-hydrogen) atoms. The Balaban J connectivity index is 1.61. The van der Waals surface area contributed by atoms with Gasteiger partial charge in [-0.25, -0.2) is 4.98 Å². The van der Waals surface area contributed by atoms with Gasteiger partial charge in [-0.2, -0.15) is 0 Å².